The summed E-state index contributed by atoms with van der Waals surface area (Å²) < 4.78 is 0. The molecule has 0 aliphatic rings. The number of benzene rings is 4. The third kappa shape index (κ3) is 4.84. The Morgan fingerprint density at radius 2 is 1.14 bits per heavy atom. The Morgan fingerprint density at radius 1 is 0.586 bits per heavy atom. The van der Waals surface area contributed by atoms with Crippen molar-refractivity contribution in [2.75, 3.05) is 0 Å². The third-order valence-corrected chi connectivity index (χ3v) is 5.01. The number of rotatable bonds is 4. The van der Waals surface area contributed by atoms with Crippen LogP contribution in [0.25, 0.3) is 22.3 Å². The molecule has 3 heteroatoms. The fourth-order valence-corrected chi connectivity index (χ4v) is 3.51. The summed E-state index contributed by atoms with van der Waals surface area (Å²) in [7, 11) is 0. The minimum absolute atomic E-state index is 0. The van der Waals surface area contributed by atoms with Crippen LogP contribution in [0.5, 0.6) is 11.5 Å². The van der Waals surface area contributed by atoms with Crippen LogP contribution in [0.1, 0.15) is 16.7 Å². The van der Waals surface area contributed by atoms with Gasteiger partial charge >= 0.3 is 37.7 Å². The molecule has 0 N–H and O–H groups in total. The zero-order valence-electron chi connectivity index (χ0n) is 16.4. The Hall–Kier alpha value is -2.26. The van der Waals surface area contributed by atoms with Gasteiger partial charge in [-0.25, -0.2) is 0 Å². The van der Waals surface area contributed by atoms with Gasteiger partial charge in [-0.1, -0.05) is 108 Å². The maximum absolute atomic E-state index is 12.7. The van der Waals surface area contributed by atoms with Gasteiger partial charge in [0.05, 0.1) is 0 Å². The van der Waals surface area contributed by atoms with Gasteiger partial charge in [-0.15, -0.1) is 11.5 Å². The summed E-state index contributed by atoms with van der Waals surface area (Å²) in [5, 5.41) is 25.2. The van der Waals surface area contributed by atoms with Crippen molar-refractivity contribution in [2.24, 2.45) is 0 Å². The zero-order valence-corrected chi connectivity index (χ0v) is 18.6. The molecule has 4 aromatic carbocycles. The van der Waals surface area contributed by atoms with Crippen LogP contribution < -0.4 is 10.2 Å². The van der Waals surface area contributed by atoms with E-state index >= 15 is 0 Å². The average molecular weight is 405 g/mol. The standard InChI is InChI=1S/C26H22O2.Ca/c1-18-14-22(20-10-6-3-7-11-20)16-24(26(18)28)17-23-15-21(12-13-25(23)27)19-8-4-2-5-9-19;/h2-16,27-28H,17H2,1H3;/q;+2/p-2. The first kappa shape index (κ1) is 21.4. The SMILES string of the molecule is Cc1cc(-c2ccccc2)cc(Cc2cc(-c3ccccc3)ccc2[O-])c1[O-].[Ca+2]. The fraction of sp³-hybridized carbons (Fsp3) is 0.0769. The van der Waals surface area contributed by atoms with E-state index < -0.39 is 0 Å². The molecule has 0 heterocycles. The smallest absolute Gasteiger partial charge is 0.872 e. The van der Waals surface area contributed by atoms with Crippen LogP contribution in [0.2, 0.25) is 0 Å². The third-order valence-electron chi connectivity index (χ3n) is 5.01. The minimum atomic E-state index is -0.0400. The molecule has 0 atom stereocenters. The summed E-state index contributed by atoms with van der Waals surface area (Å²) in [6.07, 6.45) is 0.333. The normalized spacial score (nSPS) is 10.4. The monoisotopic (exact) mass is 404 g/mol. The van der Waals surface area contributed by atoms with Crippen molar-refractivity contribution in [3.05, 3.63) is 108 Å². The molecule has 2 nitrogen and oxygen atoms in total. The molecule has 4 aromatic rings. The second kappa shape index (κ2) is 9.49. The van der Waals surface area contributed by atoms with Gasteiger partial charge in [0.2, 0.25) is 0 Å². The van der Waals surface area contributed by atoms with E-state index in [0.29, 0.717) is 23.1 Å². The van der Waals surface area contributed by atoms with E-state index in [0.717, 1.165) is 22.3 Å². The molecule has 0 bridgehead atoms. The van der Waals surface area contributed by atoms with Crippen molar-refractivity contribution < 1.29 is 10.2 Å². The van der Waals surface area contributed by atoms with E-state index in [-0.39, 0.29) is 49.2 Å². The van der Waals surface area contributed by atoms with Gasteiger partial charge < -0.3 is 10.2 Å². The Labute approximate surface area is 201 Å². The van der Waals surface area contributed by atoms with E-state index in [1.807, 2.05) is 91.9 Å². The zero-order chi connectivity index (χ0) is 19.5. The van der Waals surface area contributed by atoms with Crippen molar-refractivity contribution in [1.29, 1.82) is 0 Å². The first-order chi connectivity index (χ1) is 13.6. The largest absolute Gasteiger partial charge is 2.00 e. The topological polar surface area (TPSA) is 46.1 Å². The number of hydrogen-bond acceptors (Lipinski definition) is 2. The minimum Gasteiger partial charge on any atom is -0.872 e. The van der Waals surface area contributed by atoms with Gasteiger partial charge in [0.25, 0.3) is 0 Å². The quantitative estimate of drug-likeness (QED) is 0.464. The predicted molar refractivity (Wildman–Crippen MR) is 116 cm³/mol. The van der Waals surface area contributed by atoms with Gasteiger partial charge in [-0.3, -0.25) is 0 Å². The first-order valence-corrected chi connectivity index (χ1v) is 9.33. The molecule has 0 aliphatic heterocycles. The van der Waals surface area contributed by atoms with E-state index in [4.69, 9.17) is 0 Å². The summed E-state index contributed by atoms with van der Waals surface area (Å²) in [4.78, 5) is 0. The Morgan fingerprint density at radius 3 is 1.76 bits per heavy atom. The van der Waals surface area contributed by atoms with E-state index in [1.54, 1.807) is 6.07 Å². The van der Waals surface area contributed by atoms with E-state index in [1.165, 1.54) is 0 Å². The predicted octanol–water partition coefficient (Wildman–Crippen LogP) is 4.69. The summed E-state index contributed by atoms with van der Waals surface area (Å²) in [6, 6.07) is 29.1. The summed E-state index contributed by atoms with van der Waals surface area (Å²) in [5.41, 5.74) is 6.10. The van der Waals surface area contributed by atoms with Crippen LogP contribution in [-0.4, -0.2) is 37.7 Å². The molecule has 0 unspecified atom stereocenters. The second-order valence-electron chi connectivity index (χ2n) is 7.01. The summed E-state index contributed by atoms with van der Waals surface area (Å²) >= 11 is 0. The van der Waals surface area contributed by atoms with Crippen LogP contribution in [0.3, 0.4) is 0 Å². The Kier molecular flexibility index (Phi) is 7.02. The molecule has 29 heavy (non-hydrogen) atoms. The van der Waals surface area contributed by atoms with Gasteiger partial charge in [0, 0.05) is 0 Å². The van der Waals surface area contributed by atoms with Crippen molar-refractivity contribution in [3.63, 3.8) is 0 Å². The van der Waals surface area contributed by atoms with Gasteiger partial charge in [-0.05, 0) is 35.6 Å². The maximum Gasteiger partial charge on any atom is 2.00 e. The molecule has 0 saturated carbocycles. The van der Waals surface area contributed by atoms with Crippen LogP contribution >= 0.6 is 0 Å². The molecule has 4 rings (SSSR count). The molecule has 0 spiro atoms. The molecule has 0 radical (unpaired) electrons. The Bertz CT molecular complexity index is 1110. The molecule has 0 fully saturated rings. The molecule has 0 amide bonds. The Balaban J connectivity index is 0.00000240. The molecule has 0 saturated heterocycles. The van der Waals surface area contributed by atoms with E-state index in [2.05, 4.69) is 0 Å². The van der Waals surface area contributed by atoms with Crippen molar-refractivity contribution in [3.8, 4) is 33.8 Å². The van der Waals surface area contributed by atoms with E-state index in [9.17, 15) is 10.2 Å². The molecule has 0 aliphatic carbocycles. The number of aryl methyl sites for hydroxylation is 1. The van der Waals surface area contributed by atoms with Gasteiger partial charge in [-0.2, -0.15) is 0 Å². The first-order valence-electron chi connectivity index (χ1n) is 9.33. The van der Waals surface area contributed by atoms with Crippen LogP contribution in [0, 0.1) is 6.92 Å². The average Bonchev–Trinajstić information content (AvgIpc) is 2.74. The fourth-order valence-electron chi connectivity index (χ4n) is 3.51. The van der Waals surface area contributed by atoms with Crippen LogP contribution in [0.15, 0.2) is 91.0 Å². The molecular formula is C26H20CaO2. The van der Waals surface area contributed by atoms with Crippen molar-refractivity contribution >= 4 is 37.7 Å². The molecule has 138 valence electrons. The van der Waals surface area contributed by atoms with Gasteiger partial charge in [0.1, 0.15) is 0 Å². The summed E-state index contributed by atoms with van der Waals surface area (Å²) in [6.45, 7) is 1.83. The van der Waals surface area contributed by atoms with Crippen molar-refractivity contribution in [1.82, 2.24) is 0 Å². The maximum atomic E-state index is 12.7. The van der Waals surface area contributed by atoms with Crippen LogP contribution in [0.4, 0.5) is 0 Å². The van der Waals surface area contributed by atoms with Crippen molar-refractivity contribution in [2.45, 2.75) is 13.3 Å². The molecule has 0 aromatic heterocycles. The van der Waals surface area contributed by atoms with Crippen LogP contribution in [-0.2, 0) is 6.42 Å². The summed E-state index contributed by atoms with van der Waals surface area (Å²) in [5.74, 6) is -0.0361. The van der Waals surface area contributed by atoms with Gasteiger partial charge in [0.15, 0.2) is 0 Å². The number of hydrogen-bond donors (Lipinski definition) is 0. The second-order valence-corrected chi connectivity index (χ2v) is 7.01. The molecular weight excluding hydrogens is 384 g/mol.